The monoisotopic (exact) mass is 702 g/mol. The van der Waals surface area contributed by atoms with E-state index in [-0.39, 0.29) is 0 Å². The van der Waals surface area contributed by atoms with E-state index in [0.717, 1.165) is 42.4 Å². The molecule has 0 saturated heterocycles. The van der Waals surface area contributed by atoms with Crippen molar-refractivity contribution in [3.8, 4) is 0 Å². The van der Waals surface area contributed by atoms with E-state index in [1.807, 2.05) is 6.08 Å². The Kier molecular flexibility index (Phi) is 12.3. The summed E-state index contributed by atoms with van der Waals surface area (Å²) in [6.07, 6.45) is 28.8. The van der Waals surface area contributed by atoms with E-state index in [0.29, 0.717) is 5.92 Å². The zero-order chi connectivity index (χ0) is 37.5. The van der Waals surface area contributed by atoms with Crippen LogP contribution in [0.2, 0.25) is 0 Å². The first kappa shape index (κ1) is 37.9. The van der Waals surface area contributed by atoms with E-state index < -0.39 is 0 Å². The lowest BCUT2D eigenvalue weighted by molar-refractivity contribution is -0.514. The van der Waals surface area contributed by atoms with Crippen molar-refractivity contribution in [2.45, 2.75) is 85.5 Å². The molecule has 1 unspecified atom stereocenters. The van der Waals surface area contributed by atoms with E-state index in [9.17, 15) is 0 Å². The normalized spacial score (nSPS) is 20.8. The summed E-state index contributed by atoms with van der Waals surface area (Å²) in [6.45, 7) is 26.0. The highest BCUT2D eigenvalue weighted by Crippen LogP contribution is 2.41. The number of hydrogen-bond donors (Lipinski definition) is 0. The molecule has 53 heavy (non-hydrogen) atoms. The minimum Gasteiger partial charge on any atom is -0.255 e. The number of hydrogen-bond acceptors (Lipinski definition) is 0. The van der Waals surface area contributed by atoms with Gasteiger partial charge >= 0.3 is 0 Å². The van der Waals surface area contributed by atoms with Crippen LogP contribution in [0.25, 0.3) is 5.57 Å². The van der Waals surface area contributed by atoms with Gasteiger partial charge in [0.25, 0.3) is 0 Å². The van der Waals surface area contributed by atoms with Gasteiger partial charge in [-0.1, -0.05) is 100 Å². The van der Waals surface area contributed by atoms with Gasteiger partial charge in [-0.2, -0.15) is 4.24 Å². The second-order valence-electron chi connectivity index (χ2n) is 16.0. The van der Waals surface area contributed by atoms with E-state index in [2.05, 4.69) is 171 Å². The molecular weight excluding hydrogens is 643 g/mol. The summed E-state index contributed by atoms with van der Waals surface area (Å²) >= 11 is 0. The largest absolute Gasteiger partial charge is 0.255 e. The maximum Gasteiger partial charge on any atom is 0.213 e. The molecule has 2 aliphatic heterocycles. The lowest BCUT2D eigenvalue weighted by atomic mass is 9.70. The van der Waals surface area contributed by atoms with Crippen LogP contribution in [-0.2, 0) is 6.42 Å². The first-order valence-corrected chi connectivity index (χ1v) is 19.8. The molecule has 1 aromatic heterocycles. The maximum absolute atomic E-state index is 4.39. The minimum absolute atomic E-state index is 0.414. The average Bonchev–Trinajstić information content (AvgIpc) is 3.14. The van der Waals surface area contributed by atoms with Crippen LogP contribution in [0.15, 0.2) is 127 Å². The minimum atomic E-state index is 0.414. The van der Waals surface area contributed by atoms with Crippen LogP contribution in [0, 0.1) is 56.3 Å². The summed E-state index contributed by atoms with van der Waals surface area (Å²) in [4.78, 5) is 0. The molecule has 3 heteroatoms. The Labute approximate surface area is 319 Å². The Morgan fingerprint density at radius 2 is 1.17 bits per heavy atom. The molecule has 1 fully saturated rings. The molecule has 6 rings (SSSR count). The van der Waals surface area contributed by atoms with Crippen molar-refractivity contribution in [2.75, 3.05) is 0 Å². The fraction of sp³-hybridized carbons (Fsp3) is 0.340. The predicted octanol–water partition coefficient (Wildman–Crippen LogP) is 10.2. The standard InChI is InChI=1S/C50H60N3/c1-9-45(36(2)3)48-27-24-39(33-51(48)6)18-21-42-30-43(22-19-40-25-28-49(52(7)34-40)46-16-12-10-14-37(46)4)32-44(31-42)23-20-41-26-29-50(53(8)35-41)47-17-13-11-15-38(47)5/h9-17,24-29,33-36,42-44H,1,6-8,18-23,30-32H2,2-5H3/q+1/b48-45-/t42?,43-,44+. The van der Waals surface area contributed by atoms with Gasteiger partial charge in [0.1, 0.15) is 31.2 Å². The third kappa shape index (κ3) is 9.38. The lowest BCUT2D eigenvalue weighted by Gasteiger charge is -2.36. The molecule has 0 spiro atoms. The van der Waals surface area contributed by atoms with Crippen LogP contribution in [-0.4, -0.2) is 22.6 Å². The second-order valence-corrected chi connectivity index (χ2v) is 16.0. The van der Waals surface area contributed by atoms with Gasteiger partial charge in [-0.3, -0.25) is 9.15 Å². The number of aryl methyl sites for hydroxylation is 3. The summed E-state index contributed by atoms with van der Waals surface area (Å²) < 4.78 is 6.19. The molecule has 1 saturated carbocycles. The van der Waals surface area contributed by atoms with Gasteiger partial charge in [-0.05, 0) is 122 Å². The number of rotatable bonds is 13. The van der Waals surface area contributed by atoms with Crippen molar-refractivity contribution in [1.29, 1.82) is 0 Å². The van der Waals surface area contributed by atoms with Crippen molar-refractivity contribution in [1.82, 2.24) is 0 Å². The lowest BCUT2D eigenvalue weighted by Crippen LogP contribution is -2.38. The van der Waals surface area contributed by atoms with Gasteiger partial charge < -0.3 is 0 Å². The Morgan fingerprint density at radius 3 is 1.58 bits per heavy atom. The average molecular weight is 703 g/mol. The summed E-state index contributed by atoms with van der Waals surface area (Å²) in [5.74, 6) is 2.59. The summed E-state index contributed by atoms with van der Waals surface area (Å²) in [6, 6.07) is 24.0. The van der Waals surface area contributed by atoms with E-state index in [1.165, 1.54) is 95.1 Å². The van der Waals surface area contributed by atoms with Crippen molar-refractivity contribution in [3.63, 3.8) is 0 Å². The molecule has 3 atom stereocenters. The van der Waals surface area contributed by atoms with Crippen LogP contribution in [0.1, 0.15) is 93.0 Å². The smallest absolute Gasteiger partial charge is 0.213 e. The number of allylic oxidation sites excluding steroid dienone is 5. The van der Waals surface area contributed by atoms with Crippen LogP contribution >= 0.6 is 0 Å². The molecular formula is C50H60N3+. The van der Waals surface area contributed by atoms with Gasteiger partial charge in [0.15, 0.2) is 6.20 Å². The van der Waals surface area contributed by atoms with Crippen molar-refractivity contribution in [2.24, 2.45) is 23.7 Å². The Bertz CT molecular complexity index is 1970. The fourth-order valence-electron chi connectivity index (χ4n) is 8.86. The predicted molar refractivity (Wildman–Crippen MR) is 223 cm³/mol. The van der Waals surface area contributed by atoms with E-state index >= 15 is 0 Å². The molecule has 2 aromatic carbocycles. The molecule has 3 nitrogen and oxygen atoms in total. The third-order valence-electron chi connectivity index (χ3n) is 11.8. The highest BCUT2D eigenvalue weighted by Gasteiger charge is 2.29. The fourth-order valence-corrected chi connectivity index (χ4v) is 8.86. The van der Waals surface area contributed by atoms with E-state index in [4.69, 9.17) is 0 Å². The Balaban J connectivity index is 1.12. The summed E-state index contributed by atoms with van der Waals surface area (Å²) in [7, 11) is 0. The van der Waals surface area contributed by atoms with Gasteiger partial charge in [0, 0.05) is 17.2 Å². The quantitative estimate of drug-likeness (QED) is 0.124. The van der Waals surface area contributed by atoms with Crippen molar-refractivity contribution in [3.05, 3.63) is 179 Å². The molecule has 0 bridgehead atoms. The number of aromatic nitrogens is 1. The summed E-state index contributed by atoms with van der Waals surface area (Å²) in [5, 5.41) is 1.16. The summed E-state index contributed by atoms with van der Waals surface area (Å²) in [5.41, 5.74) is 10.4. The molecule has 0 radical (unpaired) electrons. The molecule has 0 N–H and O–H groups in total. The SMILES string of the molecule is C=C/C(=c1\ccc(CCC2C[C@@H](CCC3=C[N+](=C)[C-](c4ccccc4C)C=C3)C[C@@H](CCC3=C[N+](=C)[C-](c4ccccc4C)C=C3)C2)c[n+]1=C)C(C)C. The van der Waals surface area contributed by atoms with Crippen molar-refractivity contribution < 1.29 is 13.4 Å². The van der Waals surface area contributed by atoms with Gasteiger partial charge in [0.05, 0.1) is 13.4 Å². The molecule has 3 aromatic rings. The highest BCUT2D eigenvalue weighted by molar-refractivity contribution is 5.55. The second kappa shape index (κ2) is 17.3. The molecule has 3 heterocycles. The number of nitrogens with zero attached hydrogens (tertiary/aromatic N) is 3. The van der Waals surface area contributed by atoms with Crippen molar-refractivity contribution >= 4 is 19.0 Å². The maximum atomic E-state index is 4.39. The first-order valence-electron chi connectivity index (χ1n) is 19.8. The van der Waals surface area contributed by atoms with Gasteiger partial charge in [0.2, 0.25) is 5.35 Å². The first-order chi connectivity index (χ1) is 25.6. The van der Waals surface area contributed by atoms with Crippen LogP contribution in [0.5, 0.6) is 0 Å². The van der Waals surface area contributed by atoms with Gasteiger partial charge in [-0.25, -0.2) is 0 Å². The van der Waals surface area contributed by atoms with E-state index in [1.54, 1.807) is 0 Å². The Hall–Kier alpha value is -4.89. The topological polar surface area (TPSA) is 11.9 Å². The van der Waals surface area contributed by atoms with Crippen LogP contribution < -0.4 is 9.59 Å². The third-order valence-corrected chi connectivity index (χ3v) is 11.8. The zero-order valence-electron chi connectivity index (χ0n) is 32.7. The van der Waals surface area contributed by atoms with Crippen LogP contribution in [0.4, 0.5) is 0 Å². The molecule has 3 aliphatic rings. The Morgan fingerprint density at radius 1 is 0.698 bits per heavy atom. The molecule has 0 amide bonds. The van der Waals surface area contributed by atoms with Gasteiger partial charge in [-0.15, -0.1) is 12.1 Å². The number of pyridine rings is 1. The highest BCUT2D eigenvalue weighted by atomic mass is 15.0. The molecule has 274 valence electrons. The number of benzene rings is 2. The molecule has 1 aliphatic carbocycles. The van der Waals surface area contributed by atoms with Crippen LogP contribution in [0.3, 0.4) is 0 Å². The zero-order valence-corrected chi connectivity index (χ0v) is 32.7.